The second kappa shape index (κ2) is 4.20. The molecule has 0 fully saturated rings. The van der Waals surface area contributed by atoms with E-state index < -0.39 is 5.91 Å². The first-order chi connectivity index (χ1) is 8.08. The number of amides is 1. The quantitative estimate of drug-likeness (QED) is 0.798. The van der Waals surface area contributed by atoms with E-state index in [2.05, 4.69) is 20.7 Å². The lowest BCUT2D eigenvalue weighted by molar-refractivity contribution is 0.101. The number of aromatic nitrogens is 3. The molecule has 3 N–H and O–H groups in total. The van der Waals surface area contributed by atoms with Gasteiger partial charge in [-0.3, -0.25) is 10.1 Å². The van der Waals surface area contributed by atoms with Crippen LogP contribution >= 0.6 is 0 Å². The lowest BCUT2D eigenvalue weighted by Gasteiger charge is -2.00. The van der Waals surface area contributed by atoms with Crippen molar-refractivity contribution in [2.75, 3.05) is 11.1 Å². The number of nitrogens with zero attached hydrogens (tertiary/aromatic N) is 3. The minimum absolute atomic E-state index is 0.160. The maximum absolute atomic E-state index is 11.7. The molecule has 0 aliphatic heterocycles. The van der Waals surface area contributed by atoms with Gasteiger partial charge in [0.2, 0.25) is 5.88 Å². The highest BCUT2D eigenvalue weighted by Crippen LogP contribution is 2.17. The zero-order valence-corrected chi connectivity index (χ0v) is 9.39. The first-order valence-electron chi connectivity index (χ1n) is 4.91. The molecular weight excluding hydrogens is 222 g/mol. The topological polar surface area (TPSA) is 107 Å². The predicted molar refractivity (Wildman–Crippen MR) is 60.4 cm³/mol. The molecule has 2 aromatic heterocycles. The standard InChI is InChI=1S/C10H11N5O2/c1-5-6(2)15-17-10(5)12-9(16)7-3-4-8(11)14-13-7/h3-4H,1-2H3,(H2,11,14)(H,12,16). The van der Waals surface area contributed by atoms with Crippen molar-refractivity contribution in [3.63, 3.8) is 0 Å². The fourth-order valence-electron chi connectivity index (χ4n) is 1.16. The highest BCUT2D eigenvalue weighted by Gasteiger charge is 2.14. The molecule has 0 saturated carbocycles. The number of hydrogen-bond acceptors (Lipinski definition) is 6. The smallest absolute Gasteiger partial charge is 0.278 e. The Labute approximate surface area is 97.0 Å². The van der Waals surface area contributed by atoms with E-state index in [4.69, 9.17) is 10.3 Å². The number of hydrogen-bond donors (Lipinski definition) is 2. The maximum Gasteiger partial charge on any atom is 0.278 e. The molecule has 2 rings (SSSR count). The Morgan fingerprint density at radius 3 is 2.65 bits per heavy atom. The fraction of sp³-hybridized carbons (Fsp3) is 0.200. The molecule has 7 nitrogen and oxygen atoms in total. The third-order valence-electron chi connectivity index (χ3n) is 2.30. The van der Waals surface area contributed by atoms with Crippen LogP contribution in [0.5, 0.6) is 0 Å². The minimum atomic E-state index is -0.420. The molecule has 0 spiro atoms. The van der Waals surface area contributed by atoms with Gasteiger partial charge in [0.25, 0.3) is 5.91 Å². The van der Waals surface area contributed by atoms with Crippen LogP contribution in [0.1, 0.15) is 21.7 Å². The number of nitrogens with two attached hydrogens (primary N) is 1. The first kappa shape index (κ1) is 11.1. The maximum atomic E-state index is 11.7. The van der Waals surface area contributed by atoms with E-state index in [1.807, 2.05) is 0 Å². The number of aryl methyl sites for hydroxylation is 1. The molecule has 2 aromatic rings. The van der Waals surface area contributed by atoms with Crippen LogP contribution in [0, 0.1) is 13.8 Å². The summed E-state index contributed by atoms with van der Waals surface area (Å²) in [6, 6.07) is 2.98. The Bertz CT molecular complexity index is 546. The molecule has 0 radical (unpaired) electrons. The Kier molecular flexibility index (Phi) is 2.73. The molecule has 1 amide bonds. The monoisotopic (exact) mass is 233 g/mol. The Morgan fingerprint density at radius 2 is 2.12 bits per heavy atom. The van der Waals surface area contributed by atoms with E-state index in [-0.39, 0.29) is 11.5 Å². The summed E-state index contributed by atoms with van der Waals surface area (Å²) in [7, 11) is 0. The van der Waals surface area contributed by atoms with Gasteiger partial charge in [0, 0.05) is 5.56 Å². The molecule has 0 unspecified atom stereocenters. The van der Waals surface area contributed by atoms with Gasteiger partial charge in [-0.15, -0.1) is 10.2 Å². The van der Waals surface area contributed by atoms with Gasteiger partial charge in [0.15, 0.2) is 5.69 Å². The zero-order valence-electron chi connectivity index (χ0n) is 9.39. The molecule has 0 atom stereocenters. The highest BCUT2D eigenvalue weighted by atomic mass is 16.5. The lowest BCUT2D eigenvalue weighted by Crippen LogP contribution is -2.14. The van der Waals surface area contributed by atoms with Crippen molar-refractivity contribution in [3.8, 4) is 0 Å². The second-order valence-electron chi connectivity index (χ2n) is 3.52. The summed E-state index contributed by atoms with van der Waals surface area (Å²) in [6.07, 6.45) is 0. The van der Waals surface area contributed by atoms with Gasteiger partial charge in [0.1, 0.15) is 5.82 Å². The van der Waals surface area contributed by atoms with E-state index in [1.165, 1.54) is 12.1 Å². The summed E-state index contributed by atoms with van der Waals surface area (Å²) >= 11 is 0. The van der Waals surface area contributed by atoms with Crippen LogP contribution in [0.2, 0.25) is 0 Å². The molecule has 0 aromatic carbocycles. The van der Waals surface area contributed by atoms with Crippen molar-refractivity contribution < 1.29 is 9.32 Å². The molecule has 17 heavy (non-hydrogen) atoms. The predicted octanol–water partition coefficient (Wildman–Crippen LogP) is 0.916. The summed E-state index contributed by atoms with van der Waals surface area (Å²) in [4.78, 5) is 11.7. The van der Waals surface area contributed by atoms with Crippen LogP contribution in [0.3, 0.4) is 0 Å². The number of carbonyl (C=O) groups excluding carboxylic acids is 1. The third kappa shape index (κ3) is 2.22. The number of rotatable bonds is 2. The summed E-state index contributed by atoms with van der Waals surface area (Å²) in [5, 5.41) is 13.5. The van der Waals surface area contributed by atoms with Crippen molar-refractivity contribution in [1.29, 1.82) is 0 Å². The van der Waals surface area contributed by atoms with E-state index in [1.54, 1.807) is 13.8 Å². The Balaban J connectivity index is 2.17. The second-order valence-corrected chi connectivity index (χ2v) is 3.52. The van der Waals surface area contributed by atoms with Crippen LogP contribution in [0.25, 0.3) is 0 Å². The van der Waals surface area contributed by atoms with Gasteiger partial charge < -0.3 is 10.3 Å². The molecule has 0 aliphatic carbocycles. The SMILES string of the molecule is Cc1noc(NC(=O)c2ccc(N)nn2)c1C. The van der Waals surface area contributed by atoms with Crippen molar-refractivity contribution in [2.24, 2.45) is 0 Å². The molecule has 0 saturated heterocycles. The number of nitrogen functional groups attached to an aromatic ring is 1. The average molecular weight is 233 g/mol. The van der Waals surface area contributed by atoms with Gasteiger partial charge in [-0.25, -0.2) is 0 Å². The van der Waals surface area contributed by atoms with Gasteiger partial charge >= 0.3 is 0 Å². The van der Waals surface area contributed by atoms with E-state index in [0.29, 0.717) is 5.88 Å². The van der Waals surface area contributed by atoms with Gasteiger partial charge in [-0.2, -0.15) is 0 Å². The van der Waals surface area contributed by atoms with E-state index in [0.717, 1.165) is 11.3 Å². The summed E-state index contributed by atoms with van der Waals surface area (Å²) in [5.41, 5.74) is 7.04. The van der Waals surface area contributed by atoms with Crippen molar-refractivity contribution >= 4 is 17.6 Å². The number of carbonyl (C=O) groups is 1. The van der Waals surface area contributed by atoms with Crippen LogP contribution < -0.4 is 11.1 Å². The molecule has 0 bridgehead atoms. The highest BCUT2D eigenvalue weighted by molar-refractivity contribution is 6.02. The summed E-state index contributed by atoms with van der Waals surface area (Å²) < 4.78 is 4.96. The van der Waals surface area contributed by atoms with Gasteiger partial charge in [-0.1, -0.05) is 5.16 Å². The Hall–Kier alpha value is -2.44. The van der Waals surface area contributed by atoms with Gasteiger partial charge in [-0.05, 0) is 26.0 Å². The largest absolute Gasteiger partial charge is 0.382 e. The van der Waals surface area contributed by atoms with E-state index in [9.17, 15) is 4.79 Å². The minimum Gasteiger partial charge on any atom is -0.382 e. The van der Waals surface area contributed by atoms with Crippen LogP contribution in [-0.2, 0) is 0 Å². The van der Waals surface area contributed by atoms with Crippen molar-refractivity contribution in [1.82, 2.24) is 15.4 Å². The summed E-state index contributed by atoms with van der Waals surface area (Å²) in [6.45, 7) is 3.59. The third-order valence-corrected chi connectivity index (χ3v) is 2.30. The van der Waals surface area contributed by atoms with E-state index >= 15 is 0 Å². The van der Waals surface area contributed by atoms with Crippen LogP contribution in [0.15, 0.2) is 16.7 Å². The molecular formula is C10H11N5O2. The van der Waals surface area contributed by atoms with Crippen molar-refractivity contribution in [2.45, 2.75) is 13.8 Å². The lowest BCUT2D eigenvalue weighted by atomic mass is 10.3. The molecule has 2 heterocycles. The van der Waals surface area contributed by atoms with Gasteiger partial charge in [0.05, 0.1) is 5.69 Å². The average Bonchev–Trinajstić information content (AvgIpc) is 2.62. The van der Waals surface area contributed by atoms with Crippen molar-refractivity contribution in [3.05, 3.63) is 29.1 Å². The fourth-order valence-corrected chi connectivity index (χ4v) is 1.16. The van der Waals surface area contributed by atoms with Crippen LogP contribution in [0.4, 0.5) is 11.7 Å². The molecule has 0 aliphatic rings. The number of anilines is 2. The first-order valence-corrected chi connectivity index (χ1v) is 4.91. The Morgan fingerprint density at radius 1 is 1.35 bits per heavy atom. The molecule has 7 heteroatoms. The normalized spacial score (nSPS) is 10.2. The van der Waals surface area contributed by atoms with Crippen LogP contribution in [-0.4, -0.2) is 21.3 Å². The summed E-state index contributed by atoms with van der Waals surface area (Å²) in [5.74, 6) is 0.149. The molecule has 88 valence electrons. The number of nitrogens with one attached hydrogen (secondary N) is 1. The zero-order chi connectivity index (χ0) is 12.4.